The maximum absolute atomic E-state index is 8.92. The second kappa shape index (κ2) is 6.77. The standard InChI is InChI=1S/C12H16BrNO/c1-2-7-14(8-9-15)10-11-5-3-4-6-12(11)13/h2-6,15H,1,7-10H2. The predicted octanol–water partition coefficient (Wildman–Crippen LogP) is 2.43. The van der Waals surface area contributed by atoms with Gasteiger partial charge in [-0.3, -0.25) is 4.90 Å². The van der Waals surface area contributed by atoms with Crippen LogP contribution in [0, 0.1) is 0 Å². The lowest BCUT2D eigenvalue weighted by Crippen LogP contribution is -2.26. The molecule has 0 amide bonds. The van der Waals surface area contributed by atoms with E-state index < -0.39 is 0 Å². The van der Waals surface area contributed by atoms with Crippen molar-refractivity contribution in [2.24, 2.45) is 0 Å². The molecule has 1 aromatic carbocycles. The van der Waals surface area contributed by atoms with Gasteiger partial charge in [0.05, 0.1) is 6.61 Å². The van der Waals surface area contributed by atoms with Crippen molar-refractivity contribution in [1.82, 2.24) is 4.90 Å². The summed E-state index contributed by atoms with van der Waals surface area (Å²) in [5.74, 6) is 0. The smallest absolute Gasteiger partial charge is 0.0558 e. The first-order valence-electron chi connectivity index (χ1n) is 4.95. The number of hydrogen-bond donors (Lipinski definition) is 1. The van der Waals surface area contributed by atoms with Gasteiger partial charge in [0.1, 0.15) is 0 Å². The van der Waals surface area contributed by atoms with Crippen LogP contribution in [0.4, 0.5) is 0 Å². The molecule has 0 spiro atoms. The Hall–Kier alpha value is -0.640. The highest BCUT2D eigenvalue weighted by Crippen LogP contribution is 2.17. The number of aliphatic hydroxyl groups is 1. The second-order valence-corrected chi connectivity index (χ2v) is 4.19. The Balaban J connectivity index is 2.64. The van der Waals surface area contributed by atoms with Crippen LogP contribution in [0.15, 0.2) is 41.4 Å². The van der Waals surface area contributed by atoms with Crippen molar-refractivity contribution < 1.29 is 5.11 Å². The summed E-state index contributed by atoms with van der Waals surface area (Å²) >= 11 is 3.51. The fourth-order valence-electron chi connectivity index (χ4n) is 1.43. The monoisotopic (exact) mass is 269 g/mol. The SMILES string of the molecule is C=CCN(CCO)Cc1ccccc1Br. The highest BCUT2D eigenvalue weighted by Gasteiger charge is 2.05. The van der Waals surface area contributed by atoms with Gasteiger partial charge in [0.25, 0.3) is 0 Å². The summed E-state index contributed by atoms with van der Waals surface area (Å²) in [7, 11) is 0. The van der Waals surface area contributed by atoms with E-state index in [1.807, 2.05) is 24.3 Å². The molecule has 1 N–H and O–H groups in total. The molecule has 0 aromatic heterocycles. The Morgan fingerprint density at radius 2 is 2.13 bits per heavy atom. The Bertz CT molecular complexity index is 314. The van der Waals surface area contributed by atoms with Gasteiger partial charge >= 0.3 is 0 Å². The van der Waals surface area contributed by atoms with Gasteiger partial charge < -0.3 is 5.11 Å². The van der Waals surface area contributed by atoms with Gasteiger partial charge in [-0.25, -0.2) is 0 Å². The van der Waals surface area contributed by atoms with E-state index >= 15 is 0 Å². The molecule has 0 bridgehead atoms. The fraction of sp³-hybridized carbons (Fsp3) is 0.333. The number of halogens is 1. The van der Waals surface area contributed by atoms with Gasteiger partial charge in [0.2, 0.25) is 0 Å². The van der Waals surface area contributed by atoms with E-state index in [0.29, 0.717) is 6.54 Å². The summed E-state index contributed by atoms with van der Waals surface area (Å²) in [6, 6.07) is 8.13. The first-order valence-corrected chi connectivity index (χ1v) is 5.74. The van der Waals surface area contributed by atoms with Crippen molar-refractivity contribution in [3.63, 3.8) is 0 Å². The van der Waals surface area contributed by atoms with Crippen molar-refractivity contribution in [1.29, 1.82) is 0 Å². The number of nitrogens with zero attached hydrogens (tertiary/aromatic N) is 1. The fourth-order valence-corrected chi connectivity index (χ4v) is 1.84. The Morgan fingerprint density at radius 1 is 1.40 bits per heavy atom. The van der Waals surface area contributed by atoms with Gasteiger partial charge in [-0.05, 0) is 11.6 Å². The van der Waals surface area contributed by atoms with Gasteiger partial charge in [0, 0.05) is 24.1 Å². The Labute approximate surface area is 99.4 Å². The number of hydrogen-bond acceptors (Lipinski definition) is 2. The van der Waals surface area contributed by atoms with Crippen LogP contribution in [0.25, 0.3) is 0 Å². The largest absolute Gasteiger partial charge is 0.395 e. The molecule has 0 aliphatic carbocycles. The lowest BCUT2D eigenvalue weighted by atomic mass is 10.2. The van der Waals surface area contributed by atoms with Crippen LogP contribution < -0.4 is 0 Å². The van der Waals surface area contributed by atoms with E-state index in [1.165, 1.54) is 5.56 Å². The van der Waals surface area contributed by atoms with Crippen LogP contribution in [0.3, 0.4) is 0 Å². The number of rotatable bonds is 6. The maximum atomic E-state index is 8.92. The number of aliphatic hydroxyl groups excluding tert-OH is 1. The Morgan fingerprint density at radius 3 is 2.73 bits per heavy atom. The van der Waals surface area contributed by atoms with Crippen LogP contribution in [-0.2, 0) is 6.54 Å². The molecule has 0 heterocycles. The Kier molecular flexibility index (Phi) is 5.61. The summed E-state index contributed by atoms with van der Waals surface area (Å²) in [6.07, 6.45) is 1.85. The molecule has 0 saturated heterocycles. The average molecular weight is 270 g/mol. The third-order valence-corrected chi connectivity index (χ3v) is 2.93. The molecule has 0 fully saturated rings. The minimum Gasteiger partial charge on any atom is -0.395 e. The summed E-state index contributed by atoms with van der Waals surface area (Å²) in [5.41, 5.74) is 1.23. The second-order valence-electron chi connectivity index (χ2n) is 3.34. The summed E-state index contributed by atoms with van der Waals surface area (Å²) in [4.78, 5) is 2.15. The van der Waals surface area contributed by atoms with Crippen LogP contribution in [0.2, 0.25) is 0 Å². The number of benzene rings is 1. The van der Waals surface area contributed by atoms with Crippen molar-refractivity contribution in [3.8, 4) is 0 Å². The molecule has 1 rings (SSSR count). The van der Waals surface area contributed by atoms with Gasteiger partial charge in [-0.1, -0.05) is 40.2 Å². The molecule has 0 radical (unpaired) electrons. The molecule has 0 aliphatic heterocycles. The molecule has 0 unspecified atom stereocenters. The third kappa shape index (κ3) is 4.16. The normalized spacial score (nSPS) is 10.6. The highest BCUT2D eigenvalue weighted by atomic mass is 79.9. The van der Waals surface area contributed by atoms with Crippen LogP contribution in [-0.4, -0.2) is 29.7 Å². The lowest BCUT2D eigenvalue weighted by Gasteiger charge is -2.20. The minimum atomic E-state index is 0.179. The van der Waals surface area contributed by atoms with E-state index in [-0.39, 0.29) is 6.61 Å². The molecule has 2 nitrogen and oxygen atoms in total. The third-order valence-electron chi connectivity index (χ3n) is 2.16. The zero-order valence-corrected chi connectivity index (χ0v) is 10.3. The first kappa shape index (κ1) is 12.4. The van der Waals surface area contributed by atoms with Crippen LogP contribution >= 0.6 is 15.9 Å². The molecule has 0 atom stereocenters. The quantitative estimate of drug-likeness (QED) is 0.802. The van der Waals surface area contributed by atoms with E-state index in [1.54, 1.807) is 0 Å². The highest BCUT2D eigenvalue weighted by molar-refractivity contribution is 9.10. The van der Waals surface area contributed by atoms with Crippen molar-refractivity contribution >= 4 is 15.9 Å². The zero-order chi connectivity index (χ0) is 11.1. The topological polar surface area (TPSA) is 23.5 Å². The lowest BCUT2D eigenvalue weighted by molar-refractivity contribution is 0.203. The maximum Gasteiger partial charge on any atom is 0.0558 e. The van der Waals surface area contributed by atoms with Gasteiger partial charge in [-0.2, -0.15) is 0 Å². The molecule has 3 heteroatoms. The summed E-state index contributed by atoms with van der Waals surface area (Å²) in [6.45, 7) is 6.19. The molecule has 0 aliphatic rings. The average Bonchev–Trinajstić information content (AvgIpc) is 2.22. The minimum absolute atomic E-state index is 0.179. The van der Waals surface area contributed by atoms with Crippen LogP contribution in [0.1, 0.15) is 5.56 Å². The van der Waals surface area contributed by atoms with E-state index in [2.05, 4.69) is 33.5 Å². The van der Waals surface area contributed by atoms with Gasteiger partial charge in [-0.15, -0.1) is 6.58 Å². The molecule has 0 saturated carbocycles. The van der Waals surface area contributed by atoms with Crippen LogP contribution in [0.5, 0.6) is 0 Å². The molecular weight excluding hydrogens is 254 g/mol. The van der Waals surface area contributed by atoms with Gasteiger partial charge in [0.15, 0.2) is 0 Å². The molecule has 1 aromatic rings. The van der Waals surface area contributed by atoms with E-state index in [0.717, 1.165) is 17.6 Å². The molecule has 82 valence electrons. The van der Waals surface area contributed by atoms with E-state index in [4.69, 9.17) is 5.11 Å². The summed E-state index contributed by atoms with van der Waals surface area (Å²) in [5, 5.41) is 8.92. The predicted molar refractivity (Wildman–Crippen MR) is 66.7 cm³/mol. The molecular formula is C12H16BrNO. The zero-order valence-electron chi connectivity index (χ0n) is 8.69. The van der Waals surface area contributed by atoms with E-state index in [9.17, 15) is 0 Å². The summed E-state index contributed by atoms with van der Waals surface area (Å²) < 4.78 is 1.11. The van der Waals surface area contributed by atoms with Crippen molar-refractivity contribution in [3.05, 3.63) is 47.0 Å². The van der Waals surface area contributed by atoms with Crippen molar-refractivity contribution in [2.45, 2.75) is 6.54 Å². The molecule has 15 heavy (non-hydrogen) atoms. The van der Waals surface area contributed by atoms with Crippen molar-refractivity contribution in [2.75, 3.05) is 19.7 Å². The first-order chi connectivity index (χ1) is 7.27.